The number of benzene rings is 1. The van der Waals surface area contributed by atoms with Crippen molar-refractivity contribution in [1.82, 2.24) is 10.6 Å². The maximum Gasteiger partial charge on any atom is 0.191 e. The van der Waals surface area contributed by atoms with E-state index in [0.29, 0.717) is 6.61 Å². The van der Waals surface area contributed by atoms with Crippen molar-refractivity contribution < 1.29 is 9.15 Å². The van der Waals surface area contributed by atoms with Gasteiger partial charge in [0.2, 0.25) is 0 Å². The molecule has 2 rings (SSSR count). The quantitative estimate of drug-likeness (QED) is 0.367. The molecule has 26 heavy (non-hydrogen) atoms. The van der Waals surface area contributed by atoms with Gasteiger partial charge in [-0.3, -0.25) is 4.99 Å². The molecule has 0 saturated carbocycles. The minimum atomic E-state index is 0.648. The molecule has 1 heterocycles. The number of nitrogens with zero attached hydrogens (tertiary/aromatic N) is 2. The third-order valence-corrected chi connectivity index (χ3v) is 3.96. The zero-order chi connectivity index (χ0) is 18.5. The number of methoxy groups -OCH3 is 1. The number of anilines is 1. The molecule has 0 aliphatic rings. The molecule has 0 bridgehead atoms. The Labute approximate surface area is 156 Å². The number of nitrogens with one attached hydrogen (secondary N) is 2. The predicted octanol–water partition coefficient (Wildman–Crippen LogP) is 2.53. The number of hydrogen-bond donors (Lipinski definition) is 2. The summed E-state index contributed by atoms with van der Waals surface area (Å²) >= 11 is 0. The summed E-state index contributed by atoms with van der Waals surface area (Å²) in [5.41, 5.74) is 1.23. The molecule has 0 aliphatic carbocycles. The van der Waals surface area contributed by atoms with Gasteiger partial charge in [-0.1, -0.05) is 18.2 Å². The Balaban J connectivity index is 1.73. The molecule has 2 aromatic rings. The van der Waals surface area contributed by atoms with Crippen LogP contribution in [0.2, 0.25) is 0 Å². The highest BCUT2D eigenvalue weighted by Crippen LogP contribution is 2.10. The van der Waals surface area contributed by atoms with Crippen LogP contribution in [0.1, 0.15) is 12.2 Å². The van der Waals surface area contributed by atoms with Gasteiger partial charge in [0, 0.05) is 52.4 Å². The van der Waals surface area contributed by atoms with Crippen LogP contribution in [0.15, 0.2) is 58.1 Å². The van der Waals surface area contributed by atoms with Gasteiger partial charge in [0.1, 0.15) is 5.76 Å². The molecule has 0 spiro atoms. The number of ether oxygens (including phenoxy) is 1. The molecule has 1 aromatic heterocycles. The van der Waals surface area contributed by atoms with E-state index in [9.17, 15) is 0 Å². The van der Waals surface area contributed by atoms with Crippen LogP contribution in [0.5, 0.6) is 0 Å². The van der Waals surface area contributed by atoms with E-state index in [1.165, 1.54) is 5.69 Å². The molecule has 0 aliphatic heterocycles. The summed E-state index contributed by atoms with van der Waals surface area (Å²) in [6.07, 6.45) is 3.51. The number of furan rings is 1. The number of rotatable bonds is 11. The van der Waals surface area contributed by atoms with Crippen LogP contribution in [0, 0.1) is 0 Å². The molecule has 0 unspecified atom stereocenters. The van der Waals surface area contributed by atoms with Crippen molar-refractivity contribution in [3.05, 3.63) is 54.5 Å². The highest BCUT2D eigenvalue weighted by molar-refractivity contribution is 5.79. The lowest BCUT2D eigenvalue weighted by Gasteiger charge is -2.18. The lowest BCUT2D eigenvalue weighted by Crippen LogP contribution is -2.40. The van der Waals surface area contributed by atoms with Crippen molar-refractivity contribution in [3.63, 3.8) is 0 Å². The van der Waals surface area contributed by atoms with E-state index < -0.39 is 0 Å². The first-order valence-electron chi connectivity index (χ1n) is 9.09. The third-order valence-electron chi connectivity index (χ3n) is 3.96. The number of guanidine groups is 1. The average molecular weight is 358 g/mol. The van der Waals surface area contributed by atoms with E-state index in [-0.39, 0.29) is 0 Å². The van der Waals surface area contributed by atoms with Gasteiger partial charge >= 0.3 is 0 Å². The molecule has 1 aromatic carbocycles. The fourth-order valence-corrected chi connectivity index (χ4v) is 2.52. The maximum atomic E-state index is 5.35. The highest BCUT2D eigenvalue weighted by Gasteiger charge is 2.02. The summed E-state index contributed by atoms with van der Waals surface area (Å²) in [5.74, 6) is 1.79. The molecule has 0 atom stereocenters. The average Bonchev–Trinajstić information content (AvgIpc) is 3.19. The predicted molar refractivity (Wildman–Crippen MR) is 107 cm³/mol. The second kappa shape index (κ2) is 12.0. The van der Waals surface area contributed by atoms with E-state index in [0.717, 1.165) is 50.7 Å². The molecule has 0 fully saturated rings. The Morgan fingerprint density at radius 2 is 1.92 bits per heavy atom. The van der Waals surface area contributed by atoms with Crippen molar-refractivity contribution >= 4 is 11.6 Å². The number of para-hydroxylation sites is 1. The molecule has 6 heteroatoms. The molecule has 0 saturated heterocycles. The standard InChI is InChI=1S/C20H30N4O2/c1-24(18-8-4-3-5-9-18)15-7-12-21-20(23-14-17-25-2)22-13-11-19-10-6-16-26-19/h3-6,8-10,16H,7,11-15,17H2,1-2H3,(H2,21,22,23). The van der Waals surface area contributed by atoms with Gasteiger partial charge in [-0.25, -0.2) is 0 Å². The van der Waals surface area contributed by atoms with Crippen LogP contribution < -0.4 is 15.5 Å². The summed E-state index contributed by atoms with van der Waals surface area (Å²) in [4.78, 5) is 6.91. The number of hydrogen-bond acceptors (Lipinski definition) is 4. The monoisotopic (exact) mass is 358 g/mol. The topological polar surface area (TPSA) is 62.0 Å². The molecule has 0 amide bonds. The van der Waals surface area contributed by atoms with Crippen LogP contribution in [-0.4, -0.2) is 52.9 Å². The zero-order valence-electron chi connectivity index (χ0n) is 15.8. The fourth-order valence-electron chi connectivity index (χ4n) is 2.52. The van der Waals surface area contributed by atoms with E-state index >= 15 is 0 Å². The van der Waals surface area contributed by atoms with E-state index in [2.05, 4.69) is 51.8 Å². The van der Waals surface area contributed by atoms with Crippen molar-refractivity contribution in [2.45, 2.75) is 12.8 Å². The maximum absolute atomic E-state index is 5.35. The minimum Gasteiger partial charge on any atom is -0.469 e. The lowest BCUT2D eigenvalue weighted by molar-refractivity contribution is 0.203. The van der Waals surface area contributed by atoms with Gasteiger partial charge in [0.15, 0.2) is 5.96 Å². The van der Waals surface area contributed by atoms with E-state index in [1.54, 1.807) is 13.4 Å². The molecule has 2 N–H and O–H groups in total. The van der Waals surface area contributed by atoms with Crippen molar-refractivity contribution in [3.8, 4) is 0 Å². The first-order chi connectivity index (χ1) is 12.8. The molecule has 0 radical (unpaired) electrons. The zero-order valence-corrected chi connectivity index (χ0v) is 15.8. The SMILES string of the molecule is COCCNC(=NCCCN(C)c1ccccc1)NCCc1ccco1. The smallest absolute Gasteiger partial charge is 0.191 e. The largest absolute Gasteiger partial charge is 0.469 e. The van der Waals surface area contributed by atoms with Crippen LogP contribution in [-0.2, 0) is 11.2 Å². The first kappa shape index (κ1) is 19.8. The van der Waals surface area contributed by atoms with Crippen LogP contribution in [0.25, 0.3) is 0 Å². The normalized spacial score (nSPS) is 11.4. The summed E-state index contributed by atoms with van der Waals surface area (Å²) in [7, 11) is 3.81. The Morgan fingerprint density at radius 1 is 1.12 bits per heavy atom. The van der Waals surface area contributed by atoms with E-state index in [4.69, 9.17) is 9.15 Å². The van der Waals surface area contributed by atoms with Crippen molar-refractivity contribution in [2.75, 3.05) is 51.8 Å². The highest BCUT2D eigenvalue weighted by atomic mass is 16.5. The van der Waals surface area contributed by atoms with Gasteiger partial charge in [0.05, 0.1) is 12.9 Å². The summed E-state index contributed by atoms with van der Waals surface area (Å²) < 4.78 is 10.4. The molecule has 142 valence electrons. The number of aliphatic imine (C=N–C) groups is 1. The molecule has 6 nitrogen and oxygen atoms in total. The first-order valence-corrected chi connectivity index (χ1v) is 9.09. The van der Waals surface area contributed by atoms with Gasteiger partial charge in [-0.2, -0.15) is 0 Å². The van der Waals surface area contributed by atoms with Crippen LogP contribution >= 0.6 is 0 Å². The summed E-state index contributed by atoms with van der Waals surface area (Å²) in [5, 5.41) is 6.64. The minimum absolute atomic E-state index is 0.648. The fraction of sp³-hybridized carbons (Fsp3) is 0.450. The Kier molecular flexibility index (Phi) is 9.14. The second-order valence-corrected chi connectivity index (χ2v) is 6.02. The van der Waals surface area contributed by atoms with Crippen LogP contribution in [0.4, 0.5) is 5.69 Å². The molecular weight excluding hydrogens is 328 g/mol. The summed E-state index contributed by atoms with van der Waals surface area (Å²) in [6, 6.07) is 14.3. The lowest BCUT2D eigenvalue weighted by atomic mass is 10.3. The van der Waals surface area contributed by atoms with Gasteiger partial charge in [-0.15, -0.1) is 0 Å². The van der Waals surface area contributed by atoms with Gasteiger partial charge in [0.25, 0.3) is 0 Å². The van der Waals surface area contributed by atoms with Crippen LogP contribution in [0.3, 0.4) is 0 Å². The second-order valence-electron chi connectivity index (χ2n) is 6.02. The Bertz CT molecular complexity index is 614. The molecular formula is C20H30N4O2. The van der Waals surface area contributed by atoms with Gasteiger partial charge in [-0.05, 0) is 30.7 Å². The van der Waals surface area contributed by atoms with Crippen molar-refractivity contribution in [2.24, 2.45) is 4.99 Å². The van der Waals surface area contributed by atoms with E-state index in [1.807, 2.05) is 18.2 Å². The third kappa shape index (κ3) is 7.61. The Morgan fingerprint density at radius 3 is 2.65 bits per heavy atom. The Hall–Kier alpha value is -2.47. The van der Waals surface area contributed by atoms with Crippen molar-refractivity contribution in [1.29, 1.82) is 0 Å². The van der Waals surface area contributed by atoms with Gasteiger partial charge < -0.3 is 24.7 Å². The summed E-state index contributed by atoms with van der Waals surface area (Å²) in [6.45, 7) is 3.88.